The molecule has 0 aliphatic carbocycles. The van der Waals surface area contributed by atoms with Gasteiger partial charge in [-0.1, -0.05) is 28.1 Å². The van der Waals surface area contributed by atoms with Crippen LogP contribution in [-0.2, 0) is 0 Å². The Hall–Kier alpha value is -1.35. The molecule has 0 saturated carbocycles. The molecular formula is C12H9BrNO. The highest BCUT2D eigenvalue weighted by Gasteiger charge is 1.98. The van der Waals surface area contributed by atoms with E-state index in [-0.39, 0.29) is 0 Å². The average Bonchev–Trinajstić information content (AvgIpc) is 2.17. The molecule has 3 heteroatoms. The summed E-state index contributed by atoms with van der Waals surface area (Å²) in [4.78, 5) is 4.15. The Morgan fingerprint density at radius 2 is 1.93 bits per heavy atom. The second-order valence-electron chi connectivity index (χ2n) is 3.03. The molecule has 75 valence electrons. The van der Waals surface area contributed by atoms with Crippen molar-refractivity contribution in [3.05, 3.63) is 59.6 Å². The number of aromatic nitrogens is 1. The molecule has 0 atom stereocenters. The summed E-state index contributed by atoms with van der Waals surface area (Å²) in [6, 6.07) is 13.1. The SMILES string of the molecule is [CH2]c1cccc(Oc2cccc(Br)c2)n1. The second kappa shape index (κ2) is 4.45. The average molecular weight is 263 g/mol. The molecule has 0 bridgehead atoms. The molecule has 1 heterocycles. The van der Waals surface area contributed by atoms with Gasteiger partial charge in [-0.15, -0.1) is 0 Å². The highest BCUT2D eigenvalue weighted by Crippen LogP contribution is 2.22. The van der Waals surface area contributed by atoms with Crippen LogP contribution in [0.15, 0.2) is 46.9 Å². The Balaban J connectivity index is 2.22. The lowest BCUT2D eigenvalue weighted by Gasteiger charge is -2.04. The van der Waals surface area contributed by atoms with Gasteiger partial charge < -0.3 is 4.74 Å². The fourth-order valence-corrected chi connectivity index (χ4v) is 1.54. The van der Waals surface area contributed by atoms with Crippen LogP contribution in [0.2, 0.25) is 0 Å². The number of hydrogen-bond donors (Lipinski definition) is 0. The second-order valence-corrected chi connectivity index (χ2v) is 3.94. The lowest BCUT2D eigenvalue weighted by atomic mass is 10.3. The number of pyridine rings is 1. The standard InChI is InChI=1S/C12H9BrNO/c1-9-4-2-7-12(14-9)15-11-6-3-5-10(13)8-11/h2-8H,1H2. The van der Waals surface area contributed by atoms with E-state index in [4.69, 9.17) is 4.74 Å². The van der Waals surface area contributed by atoms with Crippen molar-refractivity contribution in [1.29, 1.82) is 0 Å². The molecule has 0 aliphatic rings. The molecule has 2 nitrogen and oxygen atoms in total. The van der Waals surface area contributed by atoms with Crippen LogP contribution < -0.4 is 4.74 Å². The zero-order valence-electron chi connectivity index (χ0n) is 7.98. The van der Waals surface area contributed by atoms with E-state index in [0.717, 1.165) is 10.2 Å². The van der Waals surface area contributed by atoms with E-state index in [0.29, 0.717) is 11.6 Å². The van der Waals surface area contributed by atoms with Crippen molar-refractivity contribution in [2.45, 2.75) is 0 Å². The molecule has 0 unspecified atom stereocenters. The predicted octanol–water partition coefficient (Wildman–Crippen LogP) is 3.82. The summed E-state index contributed by atoms with van der Waals surface area (Å²) >= 11 is 3.38. The minimum Gasteiger partial charge on any atom is -0.439 e. The maximum absolute atomic E-state index is 5.56. The Labute approximate surface area is 97.1 Å². The van der Waals surface area contributed by atoms with Gasteiger partial charge in [0.2, 0.25) is 5.88 Å². The lowest BCUT2D eigenvalue weighted by Crippen LogP contribution is -1.88. The zero-order valence-corrected chi connectivity index (χ0v) is 9.57. The topological polar surface area (TPSA) is 22.1 Å². The van der Waals surface area contributed by atoms with Crippen LogP contribution in [0.5, 0.6) is 11.6 Å². The first kappa shape index (κ1) is 10.2. The third-order valence-corrected chi connectivity index (χ3v) is 2.29. The first-order valence-electron chi connectivity index (χ1n) is 4.46. The van der Waals surface area contributed by atoms with E-state index in [9.17, 15) is 0 Å². The van der Waals surface area contributed by atoms with Crippen LogP contribution in [-0.4, -0.2) is 4.98 Å². The van der Waals surface area contributed by atoms with Crippen molar-refractivity contribution in [2.24, 2.45) is 0 Å². The third kappa shape index (κ3) is 2.80. The maximum Gasteiger partial charge on any atom is 0.219 e. The van der Waals surface area contributed by atoms with Crippen LogP contribution in [0, 0.1) is 6.92 Å². The maximum atomic E-state index is 5.56. The summed E-state index contributed by atoms with van der Waals surface area (Å²) in [6.45, 7) is 3.74. The number of benzene rings is 1. The molecule has 2 aromatic rings. The summed E-state index contributed by atoms with van der Waals surface area (Å²) in [5, 5.41) is 0. The highest BCUT2D eigenvalue weighted by atomic mass is 79.9. The van der Waals surface area contributed by atoms with E-state index >= 15 is 0 Å². The van der Waals surface area contributed by atoms with E-state index < -0.39 is 0 Å². The van der Waals surface area contributed by atoms with Gasteiger partial charge in [0.1, 0.15) is 5.75 Å². The van der Waals surface area contributed by atoms with Gasteiger partial charge >= 0.3 is 0 Å². The fraction of sp³-hybridized carbons (Fsp3) is 0. The molecule has 0 spiro atoms. The monoisotopic (exact) mass is 262 g/mol. The summed E-state index contributed by atoms with van der Waals surface area (Å²) in [7, 11) is 0. The van der Waals surface area contributed by atoms with Gasteiger partial charge in [-0.3, -0.25) is 0 Å². The number of nitrogens with zero attached hydrogens (tertiary/aromatic N) is 1. The van der Waals surface area contributed by atoms with Crippen LogP contribution in [0.25, 0.3) is 0 Å². The highest BCUT2D eigenvalue weighted by molar-refractivity contribution is 9.10. The summed E-state index contributed by atoms with van der Waals surface area (Å²) in [5.74, 6) is 1.31. The molecule has 15 heavy (non-hydrogen) atoms. The van der Waals surface area contributed by atoms with Gasteiger partial charge in [-0.05, 0) is 31.2 Å². The first-order valence-corrected chi connectivity index (χ1v) is 5.26. The van der Waals surface area contributed by atoms with Crippen molar-refractivity contribution in [2.75, 3.05) is 0 Å². The van der Waals surface area contributed by atoms with Crippen molar-refractivity contribution in [3.63, 3.8) is 0 Å². The van der Waals surface area contributed by atoms with Gasteiger partial charge in [0.25, 0.3) is 0 Å². The van der Waals surface area contributed by atoms with Crippen molar-refractivity contribution in [3.8, 4) is 11.6 Å². The molecule has 2 rings (SSSR count). The summed E-state index contributed by atoms with van der Waals surface area (Å²) in [5.41, 5.74) is 0.697. The molecule has 0 N–H and O–H groups in total. The van der Waals surface area contributed by atoms with Crippen LogP contribution in [0.3, 0.4) is 0 Å². The van der Waals surface area contributed by atoms with E-state index in [1.54, 1.807) is 6.07 Å². The Morgan fingerprint density at radius 1 is 1.13 bits per heavy atom. The summed E-state index contributed by atoms with van der Waals surface area (Å²) in [6.07, 6.45) is 0. The van der Waals surface area contributed by atoms with Crippen molar-refractivity contribution >= 4 is 15.9 Å². The minimum absolute atomic E-state index is 0.556. The van der Waals surface area contributed by atoms with Gasteiger partial charge in [-0.25, -0.2) is 4.98 Å². The lowest BCUT2D eigenvalue weighted by molar-refractivity contribution is 0.462. The third-order valence-electron chi connectivity index (χ3n) is 1.80. The predicted molar refractivity (Wildman–Crippen MR) is 62.9 cm³/mol. The molecular weight excluding hydrogens is 254 g/mol. The van der Waals surface area contributed by atoms with E-state index in [1.165, 1.54) is 0 Å². The van der Waals surface area contributed by atoms with Crippen LogP contribution in [0.4, 0.5) is 0 Å². The number of rotatable bonds is 2. The number of halogens is 1. The molecule has 1 radical (unpaired) electrons. The van der Waals surface area contributed by atoms with Crippen molar-refractivity contribution in [1.82, 2.24) is 4.98 Å². The van der Waals surface area contributed by atoms with Crippen LogP contribution in [0.1, 0.15) is 5.69 Å². The minimum atomic E-state index is 0.556. The largest absolute Gasteiger partial charge is 0.439 e. The fourth-order valence-electron chi connectivity index (χ4n) is 1.17. The van der Waals surface area contributed by atoms with Gasteiger partial charge in [0, 0.05) is 16.2 Å². The Bertz CT molecular complexity index is 427. The number of ether oxygens (including phenoxy) is 1. The summed E-state index contributed by atoms with van der Waals surface area (Å²) < 4.78 is 6.54. The smallest absolute Gasteiger partial charge is 0.219 e. The van der Waals surface area contributed by atoms with Gasteiger partial charge in [-0.2, -0.15) is 0 Å². The Morgan fingerprint density at radius 3 is 2.67 bits per heavy atom. The molecule has 0 fully saturated rings. The number of hydrogen-bond acceptors (Lipinski definition) is 2. The molecule has 0 saturated heterocycles. The molecule has 1 aromatic carbocycles. The normalized spacial score (nSPS) is 10.0. The molecule has 0 aliphatic heterocycles. The first-order chi connectivity index (χ1) is 7.24. The van der Waals surface area contributed by atoms with E-state index in [1.807, 2.05) is 36.4 Å². The Kier molecular flexibility index (Phi) is 3.02. The van der Waals surface area contributed by atoms with Gasteiger partial charge in [0.05, 0.1) is 0 Å². The molecule has 1 aromatic heterocycles. The quantitative estimate of drug-likeness (QED) is 0.821. The van der Waals surface area contributed by atoms with Crippen molar-refractivity contribution < 1.29 is 4.74 Å². The van der Waals surface area contributed by atoms with Gasteiger partial charge in [0.15, 0.2) is 0 Å². The molecule has 0 amide bonds. The van der Waals surface area contributed by atoms with Crippen LogP contribution >= 0.6 is 15.9 Å². The zero-order chi connectivity index (χ0) is 10.7. The van der Waals surface area contributed by atoms with E-state index in [2.05, 4.69) is 27.8 Å².